The Kier molecular flexibility index (Phi) is 3.36. The SMILES string of the molecule is N#CCc1ccc(-n2c(CCl)nc3cccnc32)cc1. The second-order valence-corrected chi connectivity index (χ2v) is 4.61. The van der Waals surface area contributed by atoms with Crippen molar-refractivity contribution in [3.05, 3.63) is 54.0 Å². The largest absolute Gasteiger partial charge is 0.280 e. The average molecular weight is 283 g/mol. The number of aromatic nitrogens is 3. The van der Waals surface area contributed by atoms with Crippen LogP contribution in [0.25, 0.3) is 16.9 Å². The summed E-state index contributed by atoms with van der Waals surface area (Å²) in [5, 5.41) is 8.70. The van der Waals surface area contributed by atoms with Crippen LogP contribution in [0, 0.1) is 11.3 Å². The second-order valence-electron chi connectivity index (χ2n) is 4.34. The molecule has 0 saturated heterocycles. The Morgan fingerprint density at radius 1 is 1.20 bits per heavy atom. The van der Waals surface area contributed by atoms with Crippen molar-refractivity contribution in [1.82, 2.24) is 14.5 Å². The van der Waals surface area contributed by atoms with Gasteiger partial charge in [-0.1, -0.05) is 12.1 Å². The minimum atomic E-state index is 0.316. The monoisotopic (exact) mass is 282 g/mol. The summed E-state index contributed by atoms with van der Waals surface area (Å²) in [5.74, 6) is 1.07. The summed E-state index contributed by atoms with van der Waals surface area (Å²) in [6.07, 6.45) is 2.15. The molecule has 4 nitrogen and oxygen atoms in total. The molecule has 1 aromatic carbocycles. The first-order valence-electron chi connectivity index (χ1n) is 6.18. The minimum Gasteiger partial charge on any atom is -0.280 e. The molecule has 3 aromatic rings. The average Bonchev–Trinajstić information content (AvgIpc) is 2.87. The lowest BCUT2D eigenvalue weighted by atomic mass is 10.1. The van der Waals surface area contributed by atoms with E-state index in [1.54, 1.807) is 6.20 Å². The van der Waals surface area contributed by atoms with Crippen LogP contribution in [0.3, 0.4) is 0 Å². The number of fused-ring (bicyclic) bond motifs is 1. The van der Waals surface area contributed by atoms with Crippen LogP contribution < -0.4 is 0 Å². The van der Waals surface area contributed by atoms with Gasteiger partial charge in [0.1, 0.15) is 11.3 Å². The van der Waals surface area contributed by atoms with Gasteiger partial charge in [0, 0.05) is 11.9 Å². The Balaban J connectivity index is 2.15. The van der Waals surface area contributed by atoms with Crippen molar-refractivity contribution in [2.75, 3.05) is 0 Å². The van der Waals surface area contributed by atoms with Crippen LogP contribution in [0.1, 0.15) is 11.4 Å². The van der Waals surface area contributed by atoms with Crippen LogP contribution in [-0.2, 0) is 12.3 Å². The molecule has 0 aliphatic carbocycles. The van der Waals surface area contributed by atoms with E-state index in [1.807, 2.05) is 41.0 Å². The maximum Gasteiger partial charge on any atom is 0.164 e. The standard InChI is InChI=1S/C15H11ClN4/c16-10-14-19-13-2-1-9-18-15(13)20(14)12-5-3-11(4-6-12)7-8-17/h1-6,9H,7,10H2. The summed E-state index contributed by atoms with van der Waals surface area (Å²) < 4.78 is 1.94. The Labute approximate surface area is 121 Å². The molecule has 0 amide bonds. The highest BCUT2D eigenvalue weighted by molar-refractivity contribution is 6.16. The fourth-order valence-corrected chi connectivity index (χ4v) is 2.35. The smallest absolute Gasteiger partial charge is 0.164 e. The molecular formula is C15H11ClN4. The third kappa shape index (κ3) is 2.13. The third-order valence-corrected chi connectivity index (χ3v) is 3.32. The predicted octanol–water partition coefficient (Wildman–Crippen LogP) is 3.23. The number of pyridine rings is 1. The van der Waals surface area contributed by atoms with Crippen molar-refractivity contribution in [2.45, 2.75) is 12.3 Å². The Hall–Kier alpha value is -2.38. The zero-order chi connectivity index (χ0) is 13.9. The Morgan fingerprint density at radius 3 is 2.70 bits per heavy atom. The van der Waals surface area contributed by atoms with Gasteiger partial charge in [-0.25, -0.2) is 9.97 Å². The molecule has 0 bridgehead atoms. The van der Waals surface area contributed by atoms with E-state index in [2.05, 4.69) is 16.0 Å². The van der Waals surface area contributed by atoms with Gasteiger partial charge in [0.25, 0.3) is 0 Å². The fraction of sp³-hybridized carbons (Fsp3) is 0.133. The zero-order valence-electron chi connectivity index (χ0n) is 10.6. The first kappa shape index (κ1) is 12.6. The second kappa shape index (κ2) is 5.32. The molecular weight excluding hydrogens is 272 g/mol. The normalized spacial score (nSPS) is 10.6. The predicted molar refractivity (Wildman–Crippen MR) is 77.7 cm³/mol. The number of nitriles is 1. The summed E-state index contributed by atoms with van der Waals surface area (Å²) in [6.45, 7) is 0. The number of halogens is 1. The summed E-state index contributed by atoms with van der Waals surface area (Å²) in [4.78, 5) is 8.86. The van der Waals surface area contributed by atoms with Crippen molar-refractivity contribution < 1.29 is 0 Å². The number of alkyl halides is 1. The molecule has 0 spiro atoms. The van der Waals surface area contributed by atoms with E-state index >= 15 is 0 Å². The molecule has 0 N–H and O–H groups in total. The minimum absolute atomic E-state index is 0.316. The van der Waals surface area contributed by atoms with E-state index in [1.165, 1.54) is 0 Å². The quantitative estimate of drug-likeness (QED) is 0.693. The van der Waals surface area contributed by atoms with Gasteiger partial charge in [0.05, 0.1) is 18.4 Å². The zero-order valence-corrected chi connectivity index (χ0v) is 11.4. The van der Waals surface area contributed by atoms with E-state index in [4.69, 9.17) is 16.9 Å². The lowest BCUT2D eigenvalue weighted by Gasteiger charge is -2.07. The van der Waals surface area contributed by atoms with E-state index in [9.17, 15) is 0 Å². The van der Waals surface area contributed by atoms with Crippen molar-refractivity contribution >= 4 is 22.8 Å². The van der Waals surface area contributed by atoms with Gasteiger partial charge in [-0.15, -0.1) is 11.6 Å². The first-order valence-corrected chi connectivity index (χ1v) is 6.71. The van der Waals surface area contributed by atoms with E-state index in [-0.39, 0.29) is 0 Å². The highest BCUT2D eigenvalue weighted by Gasteiger charge is 2.12. The third-order valence-electron chi connectivity index (χ3n) is 3.08. The molecule has 0 saturated carbocycles. The maximum atomic E-state index is 8.70. The summed E-state index contributed by atoms with van der Waals surface area (Å²) in [5.41, 5.74) is 3.55. The van der Waals surface area contributed by atoms with Crippen LogP contribution in [0.5, 0.6) is 0 Å². The molecule has 98 valence electrons. The van der Waals surface area contributed by atoms with Gasteiger partial charge in [0.15, 0.2) is 5.65 Å². The van der Waals surface area contributed by atoms with E-state index in [0.717, 1.165) is 28.2 Å². The van der Waals surface area contributed by atoms with Gasteiger partial charge < -0.3 is 0 Å². The number of rotatable bonds is 3. The molecule has 2 heterocycles. The van der Waals surface area contributed by atoms with Crippen molar-refractivity contribution in [1.29, 1.82) is 5.26 Å². The van der Waals surface area contributed by atoms with Gasteiger partial charge >= 0.3 is 0 Å². The molecule has 5 heteroatoms. The number of nitrogens with zero attached hydrogens (tertiary/aromatic N) is 4. The molecule has 2 aromatic heterocycles. The maximum absolute atomic E-state index is 8.70. The lowest BCUT2D eigenvalue weighted by molar-refractivity contribution is 0.968. The number of hydrogen-bond donors (Lipinski definition) is 0. The Bertz CT molecular complexity index is 784. The van der Waals surface area contributed by atoms with Gasteiger partial charge in [-0.05, 0) is 29.8 Å². The number of hydrogen-bond acceptors (Lipinski definition) is 3. The van der Waals surface area contributed by atoms with Crippen molar-refractivity contribution in [3.8, 4) is 11.8 Å². The summed E-state index contributed by atoms with van der Waals surface area (Å²) in [6, 6.07) is 13.7. The first-order chi connectivity index (χ1) is 9.83. The van der Waals surface area contributed by atoms with Gasteiger partial charge in [-0.2, -0.15) is 5.26 Å². The van der Waals surface area contributed by atoms with E-state index in [0.29, 0.717) is 12.3 Å². The highest BCUT2D eigenvalue weighted by Crippen LogP contribution is 2.21. The van der Waals surface area contributed by atoms with Crippen LogP contribution in [0.15, 0.2) is 42.6 Å². The number of imidazole rings is 1. The van der Waals surface area contributed by atoms with Gasteiger partial charge in [0.2, 0.25) is 0 Å². The van der Waals surface area contributed by atoms with Crippen LogP contribution >= 0.6 is 11.6 Å². The lowest BCUT2D eigenvalue weighted by Crippen LogP contribution is -2.00. The molecule has 0 radical (unpaired) electrons. The van der Waals surface area contributed by atoms with Crippen LogP contribution in [-0.4, -0.2) is 14.5 Å². The summed E-state index contributed by atoms with van der Waals surface area (Å²) in [7, 11) is 0. The van der Waals surface area contributed by atoms with Gasteiger partial charge in [-0.3, -0.25) is 4.57 Å². The molecule has 0 aliphatic heterocycles. The fourth-order valence-electron chi connectivity index (χ4n) is 2.17. The molecule has 0 atom stereocenters. The molecule has 0 aliphatic rings. The van der Waals surface area contributed by atoms with Crippen molar-refractivity contribution in [2.24, 2.45) is 0 Å². The van der Waals surface area contributed by atoms with Crippen LogP contribution in [0.4, 0.5) is 0 Å². The molecule has 20 heavy (non-hydrogen) atoms. The van der Waals surface area contributed by atoms with Crippen LogP contribution in [0.2, 0.25) is 0 Å². The number of benzene rings is 1. The topological polar surface area (TPSA) is 54.5 Å². The molecule has 3 rings (SSSR count). The highest BCUT2D eigenvalue weighted by atomic mass is 35.5. The van der Waals surface area contributed by atoms with E-state index < -0.39 is 0 Å². The Morgan fingerprint density at radius 2 is 2.00 bits per heavy atom. The van der Waals surface area contributed by atoms with Crippen molar-refractivity contribution in [3.63, 3.8) is 0 Å². The molecule has 0 fully saturated rings. The summed E-state index contributed by atoms with van der Waals surface area (Å²) >= 11 is 5.98. The molecule has 0 unspecified atom stereocenters.